The van der Waals surface area contributed by atoms with E-state index in [9.17, 15) is 13.2 Å². The second-order valence-corrected chi connectivity index (χ2v) is 7.94. The largest absolute Gasteiger partial charge is 0.495 e. The molecule has 1 aliphatic rings. The minimum atomic E-state index is -3.86. The highest BCUT2D eigenvalue weighted by atomic mass is 32.2. The Morgan fingerprint density at radius 3 is 2.48 bits per heavy atom. The number of methoxy groups -OCH3 is 1. The first-order chi connectivity index (χ1) is 11.8. The van der Waals surface area contributed by atoms with Gasteiger partial charge in [-0.05, 0) is 38.1 Å². The van der Waals surface area contributed by atoms with Crippen LogP contribution >= 0.6 is 0 Å². The molecule has 2 rings (SSSR count). The summed E-state index contributed by atoms with van der Waals surface area (Å²) < 4.78 is 33.0. The number of carbonyl (C=O) groups is 1. The van der Waals surface area contributed by atoms with E-state index in [1.807, 2.05) is 0 Å². The number of sulfonamides is 1. The van der Waals surface area contributed by atoms with Crippen LogP contribution in [0.2, 0.25) is 0 Å². The minimum absolute atomic E-state index is 0.0467. The molecule has 1 aliphatic heterocycles. The van der Waals surface area contributed by atoms with Crippen molar-refractivity contribution in [3.05, 3.63) is 23.8 Å². The van der Waals surface area contributed by atoms with Gasteiger partial charge in [-0.15, -0.1) is 0 Å². The third kappa shape index (κ3) is 4.71. The smallest absolute Gasteiger partial charge is 0.244 e. The number of benzene rings is 1. The van der Waals surface area contributed by atoms with Gasteiger partial charge in [0, 0.05) is 26.2 Å². The lowest BCUT2D eigenvalue weighted by atomic mass is 10.2. The van der Waals surface area contributed by atoms with E-state index in [0.717, 1.165) is 25.2 Å². The fraction of sp³-hybridized carbons (Fsp3) is 0.588. The van der Waals surface area contributed by atoms with Gasteiger partial charge < -0.3 is 14.5 Å². The lowest BCUT2D eigenvalue weighted by Crippen LogP contribution is -2.54. The third-order valence-electron chi connectivity index (χ3n) is 4.44. The van der Waals surface area contributed by atoms with E-state index in [-0.39, 0.29) is 16.6 Å². The fourth-order valence-electron chi connectivity index (χ4n) is 2.90. The molecular weight excluding hydrogens is 342 g/mol. The van der Waals surface area contributed by atoms with Gasteiger partial charge >= 0.3 is 0 Å². The minimum Gasteiger partial charge on any atom is -0.495 e. The maximum Gasteiger partial charge on any atom is 0.244 e. The normalized spacial score (nSPS) is 17.4. The summed E-state index contributed by atoms with van der Waals surface area (Å²) in [6, 6.07) is 4.10. The Labute approximate surface area is 150 Å². The topological polar surface area (TPSA) is 79.0 Å². The zero-order chi connectivity index (χ0) is 18.6. The van der Waals surface area contributed by atoms with Gasteiger partial charge in [-0.25, -0.2) is 8.42 Å². The molecule has 1 aromatic rings. The van der Waals surface area contributed by atoms with Gasteiger partial charge in [0.05, 0.1) is 13.2 Å². The molecule has 0 bridgehead atoms. The first kappa shape index (κ1) is 19.7. The molecule has 1 aromatic carbocycles. The van der Waals surface area contributed by atoms with E-state index in [1.165, 1.54) is 7.11 Å². The number of likely N-dealkylation sites (N-methyl/N-ethyl adjacent to an activating group) is 1. The average Bonchev–Trinajstić information content (AvgIpc) is 2.60. The summed E-state index contributed by atoms with van der Waals surface area (Å²) in [7, 11) is -2.43. The van der Waals surface area contributed by atoms with Crippen molar-refractivity contribution in [2.45, 2.75) is 31.7 Å². The molecule has 7 nitrogen and oxygen atoms in total. The Hall–Kier alpha value is -1.64. The molecule has 1 amide bonds. The Balaban J connectivity index is 2.10. The number of rotatable bonds is 6. The summed E-state index contributed by atoms with van der Waals surface area (Å²) in [6.07, 6.45) is 0. The van der Waals surface area contributed by atoms with E-state index in [4.69, 9.17) is 4.74 Å². The molecule has 1 heterocycles. The quantitative estimate of drug-likeness (QED) is 0.804. The van der Waals surface area contributed by atoms with E-state index in [2.05, 4.69) is 16.5 Å². The van der Waals surface area contributed by atoms with Crippen molar-refractivity contribution < 1.29 is 17.9 Å². The standard InChI is InChI=1S/C17H27N3O4S/c1-5-19-8-10-20(11-9-19)17(21)14(3)18-25(22,23)16-12-13(2)6-7-15(16)24-4/h6-7,12,14,18H,5,8-11H2,1-4H3/t14-/m1/s1. The maximum atomic E-state index is 12.7. The van der Waals surface area contributed by atoms with Crippen molar-refractivity contribution in [3.8, 4) is 5.75 Å². The molecule has 0 unspecified atom stereocenters. The Morgan fingerprint density at radius 1 is 1.28 bits per heavy atom. The molecule has 0 saturated carbocycles. The van der Waals surface area contributed by atoms with Crippen LogP contribution in [-0.2, 0) is 14.8 Å². The summed E-state index contributed by atoms with van der Waals surface area (Å²) in [5.74, 6) is 0.0558. The average molecular weight is 369 g/mol. The van der Waals surface area contributed by atoms with Crippen LogP contribution in [0, 0.1) is 6.92 Å². The summed E-state index contributed by atoms with van der Waals surface area (Å²) in [5.41, 5.74) is 0.802. The Bertz CT molecular complexity index is 713. The molecule has 1 atom stereocenters. The second kappa shape index (κ2) is 8.16. The highest BCUT2D eigenvalue weighted by Gasteiger charge is 2.29. The van der Waals surface area contributed by atoms with Crippen molar-refractivity contribution in [1.29, 1.82) is 0 Å². The van der Waals surface area contributed by atoms with E-state index in [1.54, 1.807) is 36.9 Å². The lowest BCUT2D eigenvalue weighted by molar-refractivity contribution is -0.134. The van der Waals surface area contributed by atoms with E-state index >= 15 is 0 Å². The fourth-order valence-corrected chi connectivity index (χ4v) is 4.35. The number of hydrogen-bond acceptors (Lipinski definition) is 5. The van der Waals surface area contributed by atoms with Crippen LogP contribution in [-0.4, -0.2) is 70.0 Å². The molecule has 8 heteroatoms. The van der Waals surface area contributed by atoms with Crippen LogP contribution < -0.4 is 9.46 Å². The summed E-state index contributed by atoms with van der Waals surface area (Å²) in [5, 5.41) is 0. The van der Waals surface area contributed by atoms with E-state index in [0.29, 0.717) is 13.1 Å². The number of nitrogens with zero attached hydrogens (tertiary/aromatic N) is 2. The zero-order valence-corrected chi connectivity index (χ0v) is 16.1. The maximum absolute atomic E-state index is 12.7. The summed E-state index contributed by atoms with van der Waals surface area (Å²) >= 11 is 0. The van der Waals surface area contributed by atoms with Gasteiger partial charge in [0.1, 0.15) is 10.6 Å². The van der Waals surface area contributed by atoms with Crippen LogP contribution in [0.5, 0.6) is 5.75 Å². The molecule has 1 N–H and O–H groups in total. The number of hydrogen-bond donors (Lipinski definition) is 1. The van der Waals surface area contributed by atoms with Crippen molar-refractivity contribution >= 4 is 15.9 Å². The number of amides is 1. The Kier molecular flexibility index (Phi) is 6.42. The van der Waals surface area contributed by atoms with E-state index < -0.39 is 16.1 Å². The zero-order valence-electron chi connectivity index (χ0n) is 15.3. The first-order valence-electron chi connectivity index (χ1n) is 8.46. The highest BCUT2D eigenvalue weighted by Crippen LogP contribution is 2.24. The van der Waals surface area contributed by atoms with Crippen molar-refractivity contribution in [3.63, 3.8) is 0 Å². The molecule has 0 radical (unpaired) electrons. The summed E-state index contributed by atoms with van der Waals surface area (Å²) in [4.78, 5) is 16.6. The van der Waals surface area contributed by atoms with Gasteiger partial charge in [-0.1, -0.05) is 13.0 Å². The van der Waals surface area contributed by atoms with Gasteiger partial charge in [0.25, 0.3) is 0 Å². The first-order valence-corrected chi connectivity index (χ1v) is 9.95. The predicted molar refractivity (Wildman–Crippen MR) is 96.2 cm³/mol. The van der Waals surface area contributed by atoms with Gasteiger partial charge in [0.2, 0.25) is 15.9 Å². The van der Waals surface area contributed by atoms with Crippen molar-refractivity contribution in [2.24, 2.45) is 0 Å². The second-order valence-electron chi connectivity index (χ2n) is 6.26. The molecule has 140 valence electrons. The number of carbonyl (C=O) groups excluding carboxylic acids is 1. The molecular formula is C17H27N3O4S. The molecule has 0 aromatic heterocycles. The number of ether oxygens (including phenoxy) is 1. The molecule has 1 fully saturated rings. The van der Waals surface area contributed by atoms with Crippen LogP contribution in [0.25, 0.3) is 0 Å². The molecule has 0 aliphatic carbocycles. The van der Waals surface area contributed by atoms with Crippen LogP contribution in [0.15, 0.2) is 23.1 Å². The van der Waals surface area contributed by atoms with Crippen LogP contribution in [0.1, 0.15) is 19.4 Å². The monoisotopic (exact) mass is 369 g/mol. The highest BCUT2D eigenvalue weighted by molar-refractivity contribution is 7.89. The molecule has 25 heavy (non-hydrogen) atoms. The van der Waals surface area contributed by atoms with Gasteiger partial charge in [-0.2, -0.15) is 4.72 Å². The summed E-state index contributed by atoms with van der Waals surface area (Å²) in [6.45, 7) is 9.29. The number of nitrogens with one attached hydrogen (secondary N) is 1. The predicted octanol–water partition coefficient (Wildman–Crippen LogP) is 0.835. The number of piperazine rings is 1. The number of aryl methyl sites for hydroxylation is 1. The van der Waals surface area contributed by atoms with Crippen LogP contribution in [0.4, 0.5) is 0 Å². The SMILES string of the molecule is CCN1CCN(C(=O)[C@@H](C)NS(=O)(=O)c2cc(C)ccc2OC)CC1. The van der Waals surface area contributed by atoms with Crippen molar-refractivity contribution in [1.82, 2.24) is 14.5 Å². The molecule has 0 spiro atoms. The van der Waals surface area contributed by atoms with Crippen molar-refractivity contribution in [2.75, 3.05) is 39.8 Å². The Morgan fingerprint density at radius 2 is 1.92 bits per heavy atom. The molecule has 1 saturated heterocycles. The lowest BCUT2D eigenvalue weighted by Gasteiger charge is -2.35. The van der Waals surface area contributed by atoms with Crippen LogP contribution in [0.3, 0.4) is 0 Å². The van der Waals surface area contributed by atoms with Gasteiger partial charge in [0.15, 0.2) is 0 Å². The van der Waals surface area contributed by atoms with Gasteiger partial charge in [-0.3, -0.25) is 4.79 Å². The third-order valence-corrected chi connectivity index (χ3v) is 6.00.